The normalized spacial score (nSPS) is 47.5. The van der Waals surface area contributed by atoms with E-state index in [2.05, 4.69) is 0 Å². The second kappa shape index (κ2) is 14.4. The fraction of sp³-hybridized carbons (Fsp3) is 1.00. The van der Waals surface area contributed by atoms with Gasteiger partial charge in [-0.2, -0.15) is 0 Å². The van der Waals surface area contributed by atoms with Crippen molar-refractivity contribution in [3.05, 3.63) is 0 Å². The molecule has 12 N–H and O–H groups in total. The summed E-state index contributed by atoms with van der Waals surface area (Å²) in [6.07, 6.45) is -27.0. The maximum absolute atomic E-state index is 10.8. The highest BCUT2D eigenvalue weighted by Gasteiger charge is 2.53. The lowest BCUT2D eigenvalue weighted by Crippen LogP contribution is -2.66. The molecule has 15 atom stereocenters. The van der Waals surface area contributed by atoms with E-state index in [9.17, 15) is 51.1 Å². The van der Waals surface area contributed by atoms with Crippen LogP contribution in [0.15, 0.2) is 0 Å². The van der Waals surface area contributed by atoms with Gasteiger partial charge in [-0.3, -0.25) is 0 Å². The first-order chi connectivity index (χ1) is 18.4. The molecule has 39 heavy (non-hydrogen) atoms. The second-order valence-electron chi connectivity index (χ2n) is 9.45. The third kappa shape index (κ3) is 7.38. The van der Waals surface area contributed by atoms with Gasteiger partial charge in [0.1, 0.15) is 73.2 Å². The maximum Gasteiger partial charge on any atom is 0.187 e. The van der Waals surface area contributed by atoms with Crippen LogP contribution in [0.4, 0.5) is 0 Å². The number of aliphatic hydroxyl groups excluding tert-OH is 11. The van der Waals surface area contributed by atoms with Crippen LogP contribution >= 0.6 is 0 Å². The molecule has 3 aliphatic rings. The molecular formula is C21H38O18. The highest BCUT2D eigenvalue weighted by molar-refractivity contribution is 4.96. The minimum atomic E-state index is -1.94. The third-order valence-electron chi connectivity index (χ3n) is 6.75. The average molecular weight is 579 g/mol. The fourth-order valence-corrected chi connectivity index (χ4v) is 4.53. The zero-order valence-corrected chi connectivity index (χ0v) is 20.6. The number of hydrogen-bond donors (Lipinski definition) is 12. The van der Waals surface area contributed by atoms with E-state index in [1.807, 2.05) is 0 Å². The quantitative estimate of drug-likeness (QED) is 0.101. The summed E-state index contributed by atoms with van der Waals surface area (Å²) >= 11 is 0. The lowest BCUT2D eigenvalue weighted by Gasteiger charge is -2.48. The highest BCUT2D eigenvalue weighted by Crippen LogP contribution is 2.32. The zero-order valence-electron chi connectivity index (χ0n) is 20.6. The van der Waals surface area contributed by atoms with Crippen molar-refractivity contribution in [2.75, 3.05) is 26.4 Å². The molecule has 3 rings (SSSR count). The van der Waals surface area contributed by atoms with Crippen LogP contribution in [0, 0.1) is 0 Å². The molecule has 3 heterocycles. The van der Waals surface area contributed by atoms with Gasteiger partial charge >= 0.3 is 0 Å². The molecule has 0 radical (unpaired) electrons. The van der Waals surface area contributed by atoms with Crippen LogP contribution in [0.1, 0.15) is 6.42 Å². The largest absolute Gasteiger partial charge is 0.394 e. The van der Waals surface area contributed by atoms with Crippen LogP contribution in [-0.2, 0) is 28.4 Å². The summed E-state index contributed by atoms with van der Waals surface area (Å²) in [5.74, 6) is 0. The summed E-state index contributed by atoms with van der Waals surface area (Å²) in [6.45, 7) is -2.72. The Morgan fingerprint density at radius 3 is 1.59 bits per heavy atom. The van der Waals surface area contributed by atoms with Crippen molar-refractivity contribution in [3.63, 3.8) is 0 Å². The van der Waals surface area contributed by atoms with Crippen LogP contribution in [0.2, 0.25) is 0 Å². The molecule has 3 aliphatic heterocycles. The number of hydrogen-bond acceptors (Lipinski definition) is 18. The van der Waals surface area contributed by atoms with Gasteiger partial charge in [-0.25, -0.2) is 0 Å². The van der Waals surface area contributed by atoms with Gasteiger partial charge in [0.05, 0.1) is 26.4 Å². The lowest BCUT2D eigenvalue weighted by molar-refractivity contribution is -0.379. The Morgan fingerprint density at radius 1 is 0.538 bits per heavy atom. The van der Waals surface area contributed by atoms with Crippen molar-refractivity contribution in [2.45, 2.75) is 105 Å². The molecule has 0 bridgehead atoms. The minimum Gasteiger partial charge on any atom is -0.394 e. The molecule has 18 heteroatoms. The smallest absolute Gasteiger partial charge is 0.187 e. The summed E-state index contributed by atoms with van der Waals surface area (Å²) in [5, 5.41) is 119. The molecule has 0 aliphatic carbocycles. The van der Waals surface area contributed by atoms with E-state index < -0.39 is 118 Å². The van der Waals surface area contributed by atoms with Crippen LogP contribution in [-0.4, -0.2) is 186 Å². The van der Waals surface area contributed by atoms with Gasteiger partial charge < -0.3 is 89.7 Å². The minimum absolute atomic E-state index is 0.293. The SMILES string of the molecule is OC[C@H]1O[C@H](O[C@H]2[C@H](O)[C@@H](O)[C@@H](O[C@H]3[C@H](O)[C@@H](O)C(O)O[C@@H]3CO)O[C@@H]2CO)[C@H](OCCC(O)O)[C@@H](O)[C@@H]1O. The number of ether oxygens (including phenoxy) is 6. The van der Waals surface area contributed by atoms with Crippen LogP contribution < -0.4 is 0 Å². The van der Waals surface area contributed by atoms with E-state index in [0.29, 0.717) is 0 Å². The van der Waals surface area contributed by atoms with Crippen molar-refractivity contribution in [1.82, 2.24) is 0 Å². The van der Waals surface area contributed by atoms with E-state index in [-0.39, 0.29) is 13.0 Å². The molecule has 0 aromatic rings. The Balaban J connectivity index is 1.75. The van der Waals surface area contributed by atoms with Crippen molar-refractivity contribution in [1.29, 1.82) is 0 Å². The monoisotopic (exact) mass is 578 g/mol. The van der Waals surface area contributed by atoms with Crippen LogP contribution in [0.25, 0.3) is 0 Å². The van der Waals surface area contributed by atoms with E-state index >= 15 is 0 Å². The van der Waals surface area contributed by atoms with Crippen LogP contribution in [0.5, 0.6) is 0 Å². The highest BCUT2D eigenvalue weighted by atomic mass is 16.8. The van der Waals surface area contributed by atoms with Gasteiger partial charge in [-0.05, 0) is 0 Å². The van der Waals surface area contributed by atoms with Gasteiger partial charge in [0.15, 0.2) is 25.2 Å². The van der Waals surface area contributed by atoms with E-state index in [1.165, 1.54) is 0 Å². The Bertz CT molecular complexity index is 727. The Hall–Kier alpha value is -0.720. The second-order valence-corrected chi connectivity index (χ2v) is 9.45. The van der Waals surface area contributed by atoms with Gasteiger partial charge in [0.25, 0.3) is 0 Å². The van der Waals surface area contributed by atoms with Gasteiger partial charge in [-0.1, -0.05) is 0 Å². The Labute approximate surface area is 221 Å². The predicted octanol–water partition coefficient (Wildman–Crippen LogP) is -7.85. The molecular weight excluding hydrogens is 540 g/mol. The van der Waals surface area contributed by atoms with Crippen LogP contribution in [0.3, 0.4) is 0 Å². The Morgan fingerprint density at radius 2 is 1.03 bits per heavy atom. The summed E-state index contributed by atoms with van der Waals surface area (Å²) in [6, 6.07) is 0. The van der Waals surface area contributed by atoms with Crippen molar-refractivity contribution in [2.24, 2.45) is 0 Å². The summed E-state index contributed by atoms with van der Waals surface area (Å²) in [5.41, 5.74) is 0. The van der Waals surface area contributed by atoms with Gasteiger partial charge in [0.2, 0.25) is 0 Å². The lowest BCUT2D eigenvalue weighted by atomic mass is 9.96. The first-order valence-electron chi connectivity index (χ1n) is 12.3. The molecule has 3 saturated heterocycles. The van der Waals surface area contributed by atoms with Crippen molar-refractivity contribution >= 4 is 0 Å². The summed E-state index contributed by atoms with van der Waals surface area (Å²) < 4.78 is 32.5. The van der Waals surface area contributed by atoms with E-state index in [4.69, 9.17) is 38.6 Å². The molecule has 1 unspecified atom stereocenters. The first kappa shape index (κ1) is 32.8. The molecule has 0 spiro atoms. The maximum atomic E-state index is 10.8. The number of rotatable bonds is 11. The average Bonchev–Trinajstić information content (AvgIpc) is 2.91. The van der Waals surface area contributed by atoms with Gasteiger partial charge in [0, 0.05) is 6.42 Å². The molecule has 0 amide bonds. The van der Waals surface area contributed by atoms with E-state index in [0.717, 1.165) is 0 Å². The van der Waals surface area contributed by atoms with Crippen molar-refractivity contribution in [3.8, 4) is 0 Å². The van der Waals surface area contributed by atoms with Gasteiger partial charge in [-0.15, -0.1) is 0 Å². The number of aliphatic hydroxyl groups is 12. The Kier molecular flexibility index (Phi) is 12.1. The molecule has 18 nitrogen and oxygen atoms in total. The topological polar surface area (TPSA) is 298 Å². The summed E-state index contributed by atoms with van der Waals surface area (Å²) in [4.78, 5) is 0. The molecule has 0 saturated carbocycles. The fourth-order valence-electron chi connectivity index (χ4n) is 4.53. The first-order valence-corrected chi connectivity index (χ1v) is 12.3. The predicted molar refractivity (Wildman–Crippen MR) is 118 cm³/mol. The molecule has 0 aromatic carbocycles. The molecule has 3 fully saturated rings. The molecule has 0 aromatic heterocycles. The van der Waals surface area contributed by atoms with Crippen molar-refractivity contribution < 1.29 is 89.7 Å². The third-order valence-corrected chi connectivity index (χ3v) is 6.75. The molecule has 230 valence electrons. The van der Waals surface area contributed by atoms with E-state index in [1.54, 1.807) is 0 Å². The zero-order chi connectivity index (χ0) is 29.0. The summed E-state index contributed by atoms with van der Waals surface area (Å²) in [7, 11) is 0. The standard InChI is InChI=1S/C21H38O18/c22-3-6-10(27)11(28)18(34-2-1-9(25)26)21(36-6)39-17-8(5-24)37-20(15(32)13(17)30)38-16-7(4-23)35-19(33)14(31)12(16)29/h6-33H,1-5H2/t6-,7-,8-,10-,11+,12-,13-,14-,15-,16-,17-,18-,19?,20-,21-/m1/s1.